The first-order valence-corrected chi connectivity index (χ1v) is 8.31. The minimum absolute atomic E-state index is 0.0297. The Kier molecular flexibility index (Phi) is 5.22. The number of nitro benzene ring substituents is 1. The monoisotopic (exact) mass is 375 g/mol. The molecule has 1 saturated heterocycles. The SMILES string of the molecule is O=C(CN1CCN(c2ccc(F)cc2)CC1)c1cc(O)c(O)c([N+](=O)[O-])c1. The molecular weight excluding hydrogens is 357 g/mol. The third-order valence-corrected chi connectivity index (χ3v) is 4.52. The summed E-state index contributed by atoms with van der Waals surface area (Å²) >= 11 is 0. The number of ketones is 1. The number of carbonyl (C=O) groups excluding carboxylic acids is 1. The van der Waals surface area contributed by atoms with E-state index in [-0.39, 0.29) is 23.7 Å². The molecule has 2 aromatic rings. The zero-order valence-corrected chi connectivity index (χ0v) is 14.3. The standard InChI is InChI=1S/C18H18FN3O5/c19-13-1-3-14(4-2-13)21-7-5-20(6-8-21)11-17(24)12-9-15(22(26)27)18(25)16(23)10-12/h1-4,9-10,23,25H,5-8,11H2. The van der Waals surface area contributed by atoms with Crippen molar-refractivity contribution >= 4 is 17.2 Å². The lowest BCUT2D eigenvalue weighted by Gasteiger charge is -2.35. The number of benzene rings is 2. The first kappa shape index (κ1) is 18.6. The van der Waals surface area contributed by atoms with Crippen molar-refractivity contribution < 1.29 is 24.3 Å². The minimum Gasteiger partial charge on any atom is -0.504 e. The van der Waals surface area contributed by atoms with Crippen LogP contribution in [0.3, 0.4) is 0 Å². The number of carbonyl (C=O) groups is 1. The molecule has 0 aromatic heterocycles. The molecule has 0 aliphatic carbocycles. The minimum atomic E-state index is -0.857. The van der Waals surface area contributed by atoms with Crippen LogP contribution in [0.5, 0.6) is 11.5 Å². The Morgan fingerprint density at radius 2 is 1.74 bits per heavy atom. The van der Waals surface area contributed by atoms with Crippen molar-refractivity contribution in [2.45, 2.75) is 0 Å². The van der Waals surface area contributed by atoms with Gasteiger partial charge in [0.05, 0.1) is 11.5 Å². The third-order valence-electron chi connectivity index (χ3n) is 4.52. The topological polar surface area (TPSA) is 107 Å². The molecule has 27 heavy (non-hydrogen) atoms. The van der Waals surface area contributed by atoms with Crippen molar-refractivity contribution in [3.63, 3.8) is 0 Å². The van der Waals surface area contributed by atoms with Gasteiger partial charge in [-0.05, 0) is 30.3 Å². The van der Waals surface area contributed by atoms with Gasteiger partial charge in [-0.2, -0.15) is 0 Å². The maximum atomic E-state index is 13.0. The first-order valence-electron chi connectivity index (χ1n) is 8.31. The van der Waals surface area contributed by atoms with Crippen molar-refractivity contribution in [1.82, 2.24) is 4.90 Å². The van der Waals surface area contributed by atoms with Crippen LogP contribution in [-0.2, 0) is 0 Å². The van der Waals surface area contributed by atoms with Gasteiger partial charge in [0.15, 0.2) is 11.5 Å². The summed E-state index contributed by atoms with van der Waals surface area (Å²) < 4.78 is 13.0. The maximum Gasteiger partial charge on any atom is 0.315 e. The molecule has 0 radical (unpaired) electrons. The van der Waals surface area contributed by atoms with E-state index in [1.54, 1.807) is 12.1 Å². The highest BCUT2D eigenvalue weighted by Crippen LogP contribution is 2.36. The zero-order valence-electron chi connectivity index (χ0n) is 14.3. The molecule has 0 bridgehead atoms. The molecule has 0 spiro atoms. The van der Waals surface area contributed by atoms with Crippen LogP contribution in [-0.4, -0.2) is 58.5 Å². The maximum absolute atomic E-state index is 13.0. The zero-order chi connectivity index (χ0) is 19.6. The molecule has 1 heterocycles. The van der Waals surface area contributed by atoms with E-state index in [2.05, 4.69) is 4.90 Å². The molecule has 2 N–H and O–H groups in total. The van der Waals surface area contributed by atoms with Gasteiger partial charge in [-0.25, -0.2) is 4.39 Å². The van der Waals surface area contributed by atoms with Crippen LogP contribution in [0.15, 0.2) is 36.4 Å². The number of phenols is 2. The van der Waals surface area contributed by atoms with Crippen molar-refractivity contribution in [3.8, 4) is 11.5 Å². The Balaban J connectivity index is 1.63. The van der Waals surface area contributed by atoms with Gasteiger partial charge in [-0.3, -0.25) is 19.8 Å². The summed E-state index contributed by atoms with van der Waals surface area (Å²) in [6.45, 7) is 2.53. The lowest BCUT2D eigenvalue weighted by Crippen LogP contribution is -2.48. The van der Waals surface area contributed by atoms with E-state index in [1.807, 2.05) is 4.90 Å². The van der Waals surface area contributed by atoms with Crippen LogP contribution in [0.2, 0.25) is 0 Å². The van der Waals surface area contributed by atoms with Crippen LogP contribution in [0.4, 0.5) is 15.8 Å². The molecule has 142 valence electrons. The molecule has 1 fully saturated rings. The number of phenolic OH excluding ortho intramolecular Hbond substituents is 2. The van der Waals surface area contributed by atoms with Crippen LogP contribution in [0, 0.1) is 15.9 Å². The summed E-state index contributed by atoms with van der Waals surface area (Å²) in [4.78, 5) is 26.5. The number of anilines is 1. The van der Waals surface area contributed by atoms with E-state index < -0.39 is 22.1 Å². The fraction of sp³-hybridized carbons (Fsp3) is 0.278. The number of piperazine rings is 1. The highest BCUT2D eigenvalue weighted by Gasteiger charge is 2.24. The molecule has 8 nitrogen and oxygen atoms in total. The first-order chi connectivity index (χ1) is 12.8. The number of nitrogens with zero attached hydrogens (tertiary/aromatic N) is 3. The number of Topliss-reactive ketones (excluding diaryl/α,β-unsaturated/α-hetero) is 1. The van der Waals surface area contributed by atoms with Crippen molar-refractivity contribution in [1.29, 1.82) is 0 Å². The second-order valence-corrected chi connectivity index (χ2v) is 6.28. The number of halogens is 1. The fourth-order valence-corrected chi connectivity index (χ4v) is 3.01. The number of rotatable bonds is 5. The number of hydrogen-bond acceptors (Lipinski definition) is 7. The number of hydrogen-bond donors (Lipinski definition) is 2. The van der Waals surface area contributed by atoms with Gasteiger partial charge in [-0.15, -0.1) is 0 Å². The molecule has 0 atom stereocenters. The van der Waals surface area contributed by atoms with Gasteiger partial charge in [0.25, 0.3) is 0 Å². The third kappa shape index (κ3) is 4.14. The van der Waals surface area contributed by atoms with Gasteiger partial charge >= 0.3 is 5.69 Å². The summed E-state index contributed by atoms with van der Waals surface area (Å²) in [5, 5.41) is 30.0. The quantitative estimate of drug-likeness (QED) is 0.357. The predicted octanol–water partition coefficient (Wildman–Crippen LogP) is 2.15. The summed E-state index contributed by atoms with van der Waals surface area (Å²) in [5.41, 5.74) is 0.166. The van der Waals surface area contributed by atoms with Gasteiger partial charge in [-0.1, -0.05) is 0 Å². The van der Waals surface area contributed by atoms with Crippen LogP contribution < -0.4 is 4.90 Å². The molecule has 0 amide bonds. The Morgan fingerprint density at radius 3 is 2.33 bits per heavy atom. The summed E-state index contributed by atoms with van der Waals surface area (Å²) in [6, 6.07) is 8.19. The van der Waals surface area contributed by atoms with Crippen LogP contribution in [0.1, 0.15) is 10.4 Å². The fourth-order valence-electron chi connectivity index (χ4n) is 3.01. The molecule has 2 aromatic carbocycles. The van der Waals surface area contributed by atoms with E-state index in [0.29, 0.717) is 26.2 Å². The van der Waals surface area contributed by atoms with E-state index in [0.717, 1.165) is 17.8 Å². The molecule has 9 heteroatoms. The Labute approximate surface area is 154 Å². The smallest absolute Gasteiger partial charge is 0.315 e. The normalized spacial score (nSPS) is 14.9. The average molecular weight is 375 g/mol. The van der Waals surface area contributed by atoms with E-state index in [9.17, 15) is 29.5 Å². The Morgan fingerprint density at radius 1 is 1.11 bits per heavy atom. The number of nitro groups is 1. The van der Waals surface area contributed by atoms with Crippen LogP contribution in [0.25, 0.3) is 0 Å². The average Bonchev–Trinajstić information content (AvgIpc) is 2.65. The van der Waals surface area contributed by atoms with Gasteiger partial charge in [0.1, 0.15) is 5.82 Å². The molecular formula is C18H18FN3O5. The molecule has 0 unspecified atom stereocenters. The lowest BCUT2D eigenvalue weighted by molar-refractivity contribution is -0.386. The Hall–Kier alpha value is -3.20. The van der Waals surface area contributed by atoms with Gasteiger partial charge in [0.2, 0.25) is 5.75 Å². The highest BCUT2D eigenvalue weighted by molar-refractivity contribution is 5.99. The summed E-state index contributed by atoms with van der Waals surface area (Å²) in [5.74, 6) is -2.24. The summed E-state index contributed by atoms with van der Waals surface area (Å²) in [6.07, 6.45) is 0. The molecule has 1 aliphatic rings. The van der Waals surface area contributed by atoms with E-state index >= 15 is 0 Å². The molecule has 1 aliphatic heterocycles. The van der Waals surface area contributed by atoms with Crippen molar-refractivity contribution in [2.75, 3.05) is 37.6 Å². The largest absolute Gasteiger partial charge is 0.504 e. The Bertz CT molecular complexity index is 864. The second-order valence-electron chi connectivity index (χ2n) is 6.28. The van der Waals surface area contributed by atoms with Crippen molar-refractivity contribution in [3.05, 3.63) is 57.9 Å². The molecule has 0 saturated carbocycles. The second kappa shape index (κ2) is 7.58. The van der Waals surface area contributed by atoms with E-state index in [4.69, 9.17) is 0 Å². The van der Waals surface area contributed by atoms with Crippen LogP contribution >= 0.6 is 0 Å². The summed E-state index contributed by atoms with van der Waals surface area (Å²) in [7, 11) is 0. The molecule has 3 rings (SSSR count). The highest BCUT2D eigenvalue weighted by atomic mass is 19.1. The van der Waals surface area contributed by atoms with E-state index in [1.165, 1.54) is 12.1 Å². The van der Waals surface area contributed by atoms with Crippen molar-refractivity contribution in [2.24, 2.45) is 0 Å². The predicted molar refractivity (Wildman–Crippen MR) is 95.8 cm³/mol. The number of aromatic hydroxyl groups is 2. The van der Waals surface area contributed by atoms with Gasteiger partial charge in [0, 0.05) is 43.5 Å². The van der Waals surface area contributed by atoms with Gasteiger partial charge < -0.3 is 15.1 Å². The lowest BCUT2D eigenvalue weighted by atomic mass is 10.1.